The number of hydrogen-bond acceptors (Lipinski definition) is 1. The zero-order valence-electron chi connectivity index (χ0n) is 11.0. The number of ketones is 1. The number of carbonyl (C=O) groups excluding carboxylic acids is 1. The summed E-state index contributed by atoms with van der Waals surface area (Å²) in [4.78, 5) is 11.9. The SMILES string of the molecule is C=CCCCCCC(=O)c1ccc(Br)cc1C(F)(F)F. The Morgan fingerprint density at radius 3 is 2.55 bits per heavy atom. The van der Waals surface area contributed by atoms with Gasteiger partial charge in [0.25, 0.3) is 0 Å². The van der Waals surface area contributed by atoms with Crippen molar-refractivity contribution in [3.8, 4) is 0 Å². The summed E-state index contributed by atoms with van der Waals surface area (Å²) < 4.78 is 39.0. The predicted molar refractivity (Wildman–Crippen MR) is 76.8 cm³/mol. The van der Waals surface area contributed by atoms with Gasteiger partial charge in [0.15, 0.2) is 5.78 Å². The summed E-state index contributed by atoms with van der Waals surface area (Å²) in [6.07, 6.45) is 0.594. The molecule has 1 aromatic rings. The van der Waals surface area contributed by atoms with Crippen molar-refractivity contribution in [2.24, 2.45) is 0 Å². The summed E-state index contributed by atoms with van der Waals surface area (Å²) in [5, 5.41) is 0. The second-order valence-electron chi connectivity index (χ2n) is 4.50. The summed E-state index contributed by atoms with van der Waals surface area (Å²) in [7, 11) is 0. The van der Waals surface area contributed by atoms with Gasteiger partial charge in [-0.3, -0.25) is 4.79 Å². The molecule has 0 saturated heterocycles. The van der Waals surface area contributed by atoms with E-state index in [0.29, 0.717) is 10.9 Å². The highest BCUT2D eigenvalue weighted by molar-refractivity contribution is 9.10. The van der Waals surface area contributed by atoms with Crippen molar-refractivity contribution in [1.29, 1.82) is 0 Å². The van der Waals surface area contributed by atoms with Gasteiger partial charge in [-0.1, -0.05) is 28.4 Å². The largest absolute Gasteiger partial charge is 0.417 e. The van der Waals surface area contributed by atoms with E-state index in [-0.39, 0.29) is 12.0 Å². The maximum absolute atomic E-state index is 12.9. The van der Waals surface area contributed by atoms with Crippen LogP contribution in [0.4, 0.5) is 13.2 Å². The van der Waals surface area contributed by atoms with Crippen molar-refractivity contribution in [3.63, 3.8) is 0 Å². The van der Waals surface area contributed by atoms with Crippen LogP contribution in [-0.4, -0.2) is 5.78 Å². The van der Waals surface area contributed by atoms with E-state index in [1.807, 2.05) is 0 Å². The summed E-state index contributed by atoms with van der Waals surface area (Å²) in [6.45, 7) is 3.59. The van der Waals surface area contributed by atoms with Crippen LogP contribution in [0, 0.1) is 0 Å². The number of alkyl halides is 3. The number of hydrogen-bond donors (Lipinski definition) is 0. The molecular weight excluding hydrogens is 333 g/mol. The molecule has 0 aliphatic heterocycles. The Bertz CT molecular complexity index is 480. The molecule has 0 heterocycles. The molecule has 0 radical (unpaired) electrons. The zero-order valence-corrected chi connectivity index (χ0v) is 12.6. The van der Waals surface area contributed by atoms with Crippen LogP contribution in [0.15, 0.2) is 35.3 Å². The summed E-state index contributed by atoms with van der Waals surface area (Å²) in [5.74, 6) is -0.455. The van der Waals surface area contributed by atoms with E-state index in [2.05, 4.69) is 22.5 Å². The second-order valence-corrected chi connectivity index (χ2v) is 5.41. The first kappa shape index (κ1) is 17.0. The van der Waals surface area contributed by atoms with Gasteiger partial charge in [-0.25, -0.2) is 0 Å². The van der Waals surface area contributed by atoms with E-state index < -0.39 is 17.5 Å². The Morgan fingerprint density at radius 1 is 1.25 bits per heavy atom. The molecule has 0 unspecified atom stereocenters. The highest BCUT2D eigenvalue weighted by Crippen LogP contribution is 2.34. The molecule has 0 aliphatic carbocycles. The van der Waals surface area contributed by atoms with Crippen molar-refractivity contribution in [2.45, 2.75) is 38.3 Å². The maximum atomic E-state index is 12.9. The Labute approximate surface area is 125 Å². The zero-order chi connectivity index (χ0) is 15.2. The lowest BCUT2D eigenvalue weighted by Crippen LogP contribution is -2.13. The lowest BCUT2D eigenvalue weighted by Gasteiger charge is -2.12. The molecule has 5 heteroatoms. The minimum absolute atomic E-state index is 0.141. The molecule has 0 atom stereocenters. The average molecular weight is 349 g/mol. The normalized spacial score (nSPS) is 11.4. The third-order valence-electron chi connectivity index (χ3n) is 2.90. The molecule has 110 valence electrons. The molecule has 1 aromatic carbocycles. The lowest BCUT2D eigenvalue weighted by molar-refractivity contribution is -0.138. The fraction of sp³-hybridized carbons (Fsp3) is 0.400. The molecule has 0 amide bonds. The fourth-order valence-corrected chi connectivity index (χ4v) is 2.24. The number of unbranched alkanes of at least 4 members (excludes halogenated alkanes) is 3. The molecule has 0 N–H and O–H groups in total. The number of carbonyl (C=O) groups is 1. The van der Waals surface area contributed by atoms with Gasteiger partial charge in [-0.15, -0.1) is 6.58 Å². The first-order valence-corrected chi connectivity index (χ1v) is 7.16. The Hall–Kier alpha value is -1.10. The Morgan fingerprint density at radius 2 is 1.95 bits per heavy atom. The van der Waals surface area contributed by atoms with Crippen LogP contribution in [-0.2, 0) is 6.18 Å². The van der Waals surface area contributed by atoms with Crippen molar-refractivity contribution in [3.05, 3.63) is 46.5 Å². The molecule has 0 spiro atoms. The number of rotatable bonds is 7. The Balaban J connectivity index is 2.75. The van der Waals surface area contributed by atoms with Gasteiger partial charge in [0.1, 0.15) is 0 Å². The molecular formula is C15H16BrF3O. The minimum atomic E-state index is -4.52. The van der Waals surface area contributed by atoms with Crippen molar-refractivity contribution < 1.29 is 18.0 Å². The molecule has 0 saturated carbocycles. The van der Waals surface area contributed by atoms with Gasteiger partial charge >= 0.3 is 6.18 Å². The topological polar surface area (TPSA) is 17.1 Å². The van der Waals surface area contributed by atoms with Crippen molar-refractivity contribution in [1.82, 2.24) is 0 Å². The highest BCUT2D eigenvalue weighted by atomic mass is 79.9. The van der Waals surface area contributed by atoms with E-state index in [0.717, 1.165) is 25.3 Å². The summed E-state index contributed by atoms with van der Waals surface area (Å²) in [5.41, 5.74) is -1.12. The Kier molecular flexibility index (Phi) is 6.46. The van der Waals surface area contributed by atoms with Crippen molar-refractivity contribution >= 4 is 21.7 Å². The number of allylic oxidation sites excluding steroid dienone is 1. The van der Waals surface area contributed by atoms with Crippen molar-refractivity contribution in [2.75, 3.05) is 0 Å². The van der Waals surface area contributed by atoms with Gasteiger partial charge in [0, 0.05) is 16.5 Å². The van der Waals surface area contributed by atoms with E-state index in [4.69, 9.17) is 0 Å². The third-order valence-corrected chi connectivity index (χ3v) is 3.39. The van der Waals surface area contributed by atoms with Crippen LogP contribution < -0.4 is 0 Å². The van der Waals surface area contributed by atoms with Crippen LogP contribution in [0.25, 0.3) is 0 Å². The number of Topliss-reactive ketones (excluding diaryl/α,β-unsaturated/α-hetero) is 1. The van der Waals surface area contributed by atoms with Gasteiger partial charge in [0.2, 0.25) is 0 Å². The molecule has 0 aliphatic rings. The lowest BCUT2D eigenvalue weighted by atomic mass is 9.99. The standard InChI is InChI=1S/C15H16BrF3O/c1-2-3-4-5-6-7-14(20)12-9-8-11(16)10-13(12)15(17,18)19/h2,8-10H,1,3-7H2. The van der Waals surface area contributed by atoms with E-state index in [9.17, 15) is 18.0 Å². The van der Waals surface area contributed by atoms with Gasteiger partial charge in [-0.05, 0) is 37.5 Å². The van der Waals surface area contributed by atoms with E-state index in [1.165, 1.54) is 12.1 Å². The van der Waals surface area contributed by atoms with Gasteiger partial charge < -0.3 is 0 Å². The third kappa shape index (κ3) is 5.12. The first-order valence-electron chi connectivity index (χ1n) is 6.37. The molecule has 20 heavy (non-hydrogen) atoms. The number of halogens is 4. The maximum Gasteiger partial charge on any atom is 0.417 e. The van der Waals surface area contributed by atoms with Crippen LogP contribution in [0.3, 0.4) is 0 Å². The molecule has 0 fully saturated rings. The van der Waals surface area contributed by atoms with Crippen LogP contribution >= 0.6 is 15.9 Å². The molecule has 1 rings (SSSR count). The first-order chi connectivity index (χ1) is 9.36. The molecule has 1 nitrogen and oxygen atoms in total. The average Bonchev–Trinajstić information content (AvgIpc) is 2.37. The van der Waals surface area contributed by atoms with Crippen LogP contribution in [0.5, 0.6) is 0 Å². The minimum Gasteiger partial charge on any atom is -0.294 e. The van der Waals surface area contributed by atoms with Crippen LogP contribution in [0.1, 0.15) is 48.0 Å². The van der Waals surface area contributed by atoms with Gasteiger partial charge in [0.05, 0.1) is 5.56 Å². The number of benzene rings is 1. The summed E-state index contributed by atoms with van der Waals surface area (Å²) in [6, 6.07) is 3.64. The molecule has 0 bridgehead atoms. The van der Waals surface area contributed by atoms with Crippen LogP contribution in [0.2, 0.25) is 0 Å². The quantitative estimate of drug-likeness (QED) is 0.346. The highest BCUT2D eigenvalue weighted by Gasteiger charge is 2.35. The molecule has 0 aromatic heterocycles. The summed E-state index contributed by atoms with van der Waals surface area (Å²) >= 11 is 3.00. The van der Waals surface area contributed by atoms with E-state index in [1.54, 1.807) is 6.08 Å². The smallest absolute Gasteiger partial charge is 0.294 e. The van der Waals surface area contributed by atoms with E-state index >= 15 is 0 Å². The monoisotopic (exact) mass is 348 g/mol. The fourth-order valence-electron chi connectivity index (χ4n) is 1.88. The van der Waals surface area contributed by atoms with Gasteiger partial charge in [-0.2, -0.15) is 13.2 Å². The predicted octanol–water partition coefficient (Wildman–Crippen LogP) is 5.79. The second kappa shape index (κ2) is 7.62.